The number of piperidine rings is 1. The minimum Gasteiger partial charge on any atom is -0.458 e. The summed E-state index contributed by atoms with van der Waals surface area (Å²) in [5.41, 5.74) is 1.56. The first-order valence-electron chi connectivity index (χ1n) is 25.7. The number of esters is 1. The lowest BCUT2D eigenvalue weighted by atomic mass is 9.96. The third kappa shape index (κ3) is 18.6. The molecule has 7 N–H and O–H groups in total. The van der Waals surface area contributed by atoms with E-state index in [2.05, 4.69) is 37.2 Å². The molecule has 9 amide bonds. The first-order chi connectivity index (χ1) is 36.4. The second-order valence-corrected chi connectivity index (χ2v) is 19.3. The zero-order chi connectivity index (χ0) is 55.1. The Labute approximate surface area is 442 Å². The molecule has 76 heavy (non-hydrogen) atoms. The summed E-state index contributed by atoms with van der Waals surface area (Å²) in [5.74, 6) is -6.32. The Bertz CT molecular complexity index is 2400. The molecule has 6 atom stereocenters. The maximum Gasteiger partial charge on any atom is 0.330 e. The van der Waals surface area contributed by atoms with Gasteiger partial charge >= 0.3 is 5.97 Å². The highest BCUT2D eigenvalue weighted by molar-refractivity contribution is 6.25. The van der Waals surface area contributed by atoms with E-state index in [0.29, 0.717) is 25.2 Å². The molecule has 3 aliphatic rings. The van der Waals surface area contributed by atoms with Crippen molar-refractivity contribution in [3.63, 3.8) is 0 Å². The summed E-state index contributed by atoms with van der Waals surface area (Å²) < 4.78 is 27.4. The summed E-state index contributed by atoms with van der Waals surface area (Å²) in [4.78, 5) is 130. The van der Waals surface area contributed by atoms with Crippen LogP contribution in [0.1, 0.15) is 93.0 Å². The van der Waals surface area contributed by atoms with Gasteiger partial charge in [-0.15, -0.1) is 0 Å². The third-order valence-electron chi connectivity index (χ3n) is 12.5. The van der Waals surface area contributed by atoms with Gasteiger partial charge in [0.2, 0.25) is 41.4 Å². The lowest BCUT2D eigenvalue weighted by molar-refractivity contribution is -0.139. The molecule has 2 aromatic rings. The number of amides is 9. The van der Waals surface area contributed by atoms with E-state index in [1.165, 1.54) is 25.1 Å². The lowest BCUT2D eigenvalue weighted by Crippen LogP contribution is -2.58. The van der Waals surface area contributed by atoms with Crippen LogP contribution in [-0.2, 0) is 68.6 Å². The first kappa shape index (κ1) is 59.8. The van der Waals surface area contributed by atoms with Crippen molar-refractivity contribution in [2.75, 3.05) is 71.3 Å². The molecule has 0 aromatic heterocycles. The van der Waals surface area contributed by atoms with E-state index < -0.39 is 95.3 Å². The van der Waals surface area contributed by atoms with Gasteiger partial charge in [-0.1, -0.05) is 70.2 Å². The van der Waals surface area contributed by atoms with E-state index >= 15 is 0 Å². The molecule has 5 rings (SSSR count). The summed E-state index contributed by atoms with van der Waals surface area (Å²) in [7, 11) is 0. The van der Waals surface area contributed by atoms with Crippen LogP contribution in [0.2, 0.25) is 0 Å². The highest BCUT2D eigenvalue weighted by Gasteiger charge is 2.45. The monoisotopic (exact) mass is 1060 g/mol. The van der Waals surface area contributed by atoms with Crippen molar-refractivity contribution in [3.05, 3.63) is 77.4 Å². The smallest absolute Gasteiger partial charge is 0.330 e. The molecule has 0 spiro atoms. The van der Waals surface area contributed by atoms with Gasteiger partial charge in [0.15, 0.2) is 0 Å². The number of anilines is 1. The highest BCUT2D eigenvalue weighted by atomic mass is 16.6. The van der Waals surface area contributed by atoms with Crippen LogP contribution in [-0.4, -0.2) is 160 Å². The number of imide groups is 2. The number of hydrogen-bond donors (Lipinski definition) is 7. The molecule has 3 heterocycles. The van der Waals surface area contributed by atoms with Gasteiger partial charge in [0.1, 0.15) is 37.4 Å². The highest BCUT2D eigenvalue weighted by Crippen LogP contribution is 2.32. The molecule has 2 saturated heterocycles. The van der Waals surface area contributed by atoms with Crippen molar-refractivity contribution >= 4 is 64.8 Å². The van der Waals surface area contributed by atoms with Crippen LogP contribution in [0, 0.1) is 17.8 Å². The quantitative estimate of drug-likeness (QED) is 0.0233. The predicted molar refractivity (Wildman–Crippen MR) is 274 cm³/mol. The molecule has 1 unspecified atom stereocenters. The van der Waals surface area contributed by atoms with Crippen molar-refractivity contribution in [1.82, 2.24) is 36.8 Å². The Balaban J connectivity index is 0.944. The van der Waals surface area contributed by atoms with Crippen LogP contribution in [0.3, 0.4) is 0 Å². The van der Waals surface area contributed by atoms with Crippen molar-refractivity contribution in [1.29, 1.82) is 0 Å². The second kappa shape index (κ2) is 30.5. The molecular weight excluding hydrogens is 989 g/mol. The van der Waals surface area contributed by atoms with Crippen molar-refractivity contribution < 1.29 is 71.6 Å². The average Bonchev–Trinajstić information content (AvgIpc) is 3.94. The average molecular weight is 1060 g/mol. The van der Waals surface area contributed by atoms with Gasteiger partial charge in [0.05, 0.1) is 57.4 Å². The molecule has 0 saturated carbocycles. The van der Waals surface area contributed by atoms with Gasteiger partial charge in [0, 0.05) is 43.2 Å². The number of fused-ring (bicyclic) bond motifs is 1. The molecule has 0 aliphatic carbocycles. The normalized spacial score (nSPS) is 17.9. The fraction of sp³-hybridized carbons (Fsp3) is 0.547. The van der Waals surface area contributed by atoms with Gasteiger partial charge in [-0.05, 0) is 62.1 Å². The van der Waals surface area contributed by atoms with Gasteiger partial charge in [-0.2, -0.15) is 0 Å². The molecule has 3 aliphatic heterocycles. The number of nitrogens with zero attached hydrogens (tertiary/aromatic N) is 1. The molecule has 23 nitrogen and oxygen atoms in total. The Hall–Kier alpha value is -7.08. The third-order valence-corrected chi connectivity index (χ3v) is 12.5. The van der Waals surface area contributed by atoms with Crippen LogP contribution in [0.5, 0.6) is 0 Å². The molecule has 2 fully saturated rings. The Morgan fingerprint density at radius 1 is 0.724 bits per heavy atom. The maximum absolute atomic E-state index is 13.9. The molecule has 0 bridgehead atoms. The van der Waals surface area contributed by atoms with Crippen LogP contribution in [0.25, 0.3) is 0 Å². The topological polar surface area (TPSA) is 304 Å². The van der Waals surface area contributed by atoms with Gasteiger partial charge < -0.3 is 55.6 Å². The molecule has 23 heteroatoms. The molecular formula is C53H72N8O15. The molecule has 414 valence electrons. The minimum absolute atomic E-state index is 0.0299. The van der Waals surface area contributed by atoms with Crippen LogP contribution in [0.15, 0.2) is 60.7 Å². The van der Waals surface area contributed by atoms with Crippen LogP contribution < -0.4 is 37.2 Å². The number of benzene rings is 2. The predicted octanol–water partition coefficient (Wildman–Crippen LogP) is 1.05. The largest absolute Gasteiger partial charge is 0.458 e. The number of ether oxygens (including phenoxy) is 5. The van der Waals surface area contributed by atoms with Gasteiger partial charge in [-0.3, -0.25) is 53.4 Å². The minimum atomic E-state index is -1.08. The van der Waals surface area contributed by atoms with E-state index in [0.717, 1.165) is 10.5 Å². The Kier molecular flexibility index (Phi) is 24.0. The van der Waals surface area contributed by atoms with Gasteiger partial charge in [-0.25, -0.2) is 4.79 Å². The number of carbonyl (C=O) groups excluding carboxylic acids is 10. The molecule has 2 aromatic carbocycles. The SMILES string of the molecule is CC(C)C[C@H](NC(=O)[C@@H](NC(=O)[C@H](C)NC(=O)COCCOCCOCCOCCNc1cccc2c1C(=O)N(C1CCC(=O)NC1=O)C2=O)C(C)C)C(=O)N[C@H](/C=C/C(=O)OCc1ccccc1)C[C@@H]1CCNC1=O. The number of rotatable bonds is 32. The van der Waals surface area contributed by atoms with Gasteiger partial charge in [0.25, 0.3) is 11.8 Å². The van der Waals surface area contributed by atoms with Crippen LogP contribution >= 0.6 is 0 Å². The summed E-state index contributed by atoms with van der Waals surface area (Å²) in [5, 5.41) is 19.0. The van der Waals surface area contributed by atoms with Crippen molar-refractivity contribution in [3.8, 4) is 0 Å². The standard InChI is InChI=1S/C53H72N8O15/c1-32(2)28-40(49(67)57-37(29-36-18-19-55-48(36)66)14-17-44(64)76-30-35-10-7-6-8-11-35)58-51(69)46(33(3)4)60-47(65)34(5)56-43(63)31-75-27-26-74-25-24-73-23-22-72-21-20-54-39-13-9-12-38-45(39)53(71)61(52(38)70)41-15-16-42(62)59-50(41)68/h6-14,17,32-34,36-37,40-41,46,54H,15-16,18-31H2,1-5H3,(H,55,66)(H,56,63)(H,57,67)(H,58,69)(H,60,65)(H,59,62,68)/b17-14+/t34-,36-,37+,40-,41?,46-/m0/s1. The van der Waals surface area contributed by atoms with E-state index in [1.807, 2.05) is 44.2 Å². The summed E-state index contributed by atoms with van der Waals surface area (Å²) in [6.07, 6.45) is 3.80. The maximum atomic E-state index is 13.9. The zero-order valence-corrected chi connectivity index (χ0v) is 43.8. The fourth-order valence-electron chi connectivity index (χ4n) is 8.49. The number of hydrogen-bond acceptors (Lipinski definition) is 16. The Morgan fingerprint density at radius 3 is 2.05 bits per heavy atom. The lowest BCUT2D eigenvalue weighted by Gasteiger charge is -2.28. The summed E-state index contributed by atoms with van der Waals surface area (Å²) >= 11 is 0. The first-order valence-corrected chi connectivity index (χ1v) is 25.7. The van der Waals surface area contributed by atoms with E-state index in [4.69, 9.17) is 23.7 Å². The van der Waals surface area contributed by atoms with E-state index in [9.17, 15) is 47.9 Å². The summed E-state index contributed by atoms with van der Waals surface area (Å²) in [6.45, 7) is 10.8. The van der Waals surface area contributed by atoms with Crippen molar-refractivity contribution in [2.45, 2.75) is 104 Å². The van der Waals surface area contributed by atoms with E-state index in [-0.39, 0.29) is 108 Å². The number of nitrogens with one attached hydrogen (secondary N) is 7. The van der Waals surface area contributed by atoms with Crippen LogP contribution in [0.4, 0.5) is 5.69 Å². The summed E-state index contributed by atoms with van der Waals surface area (Å²) in [6, 6.07) is 9.00. The molecule has 0 radical (unpaired) electrons. The fourth-order valence-corrected chi connectivity index (χ4v) is 8.49. The second-order valence-electron chi connectivity index (χ2n) is 19.3. The number of carbonyl (C=O) groups is 10. The van der Waals surface area contributed by atoms with Crippen molar-refractivity contribution in [2.24, 2.45) is 17.8 Å². The Morgan fingerprint density at radius 2 is 1.41 bits per heavy atom. The zero-order valence-electron chi connectivity index (χ0n) is 43.8. The van der Waals surface area contributed by atoms with E-state index in [1.54, 1.807) is 26.0 Å².